The number of fused-ring (bicyclic) bond motifs is 1. The molecular weight excluding hydrogens is 208 g/mol. The highest BCUT2D eigenvalue weighted by atomic mass is 16.7. The molecule has 0 aromatic heterocycles. The first-order chi connectivity index (χ1) is 7.83. The SMILES string of the molecule is OCC/C(=C\c1ccc2c(c1)OCO2)CO. The zero-order chi connectivity index (χ0) is 11.4. The van der Waals surface area contributed by atoms with E-state index in [1.165, 1.54) is 0 Å². The van der Waals surface area contributed by atoms with Gasteiger partial charge in [-0.05, 0) is 29.7 Å². The fraction of sp³-hybridized carbons (Fsp3) is 0.333. The quantitative estimate of drug-likeness (QED) is 0.803. The molecule has 2 N–H and O–H groups in total. The van der Waals surface area contributed by atoms with Crippen molar-refractivity contribution >= 4 is 6.08 Å². The van der Waals surface area contributed by atoms with E-state index in [9.17, 15) is 0 Å². The summed E-state index contributed by atoms with van der Waals surface area (Å²) in [5.74, 6) is 1.46. The van der Waals surface area contributed by atoms with Gasteiger partial charge in [-0.1, -0.05) is 12.1 Å². The molecule has 1 aromatic carbocycles. The van der Waals surface area contributed by atoms with Crippen LogP contribution in [0, 0.1) is 0 Å². The molecule has 0 atom stereocenters. The highest BCUT2D eigenvalue weighted by molar-refractivity contribution is 5.58. The van der Waals surface area contributed by atoms with Crippen molar-refractivity contribution in [3.63, 3.8) is 0 Å². The van der Waals surface area contributed by atoms with Crippen molar-refractivity contribution in [3.05, 3.63) is 29.3 Å². The molecular formula is C12H14O4. The molecule has 1 aliphatic rings. The van der Waals surface area contributed by atoms with E-state index in [-0.39, 0.29) is 20.0 Å². The molecule has 86 valence electrons. The third kappa shape index (κ3) is 2.35. The summed E-state index contributed by atoms with van der Waals surface area (Å²) < 4.78 is 10.5. The van der Waals surface area contributed by atoms with Crippen LogP contribution < -0.4 is 9.47 Å². The van der Waals surface area contributed by atoms with E-state index in [4.69, 9.17) is 19.7 Å². The number of hydrogen-bond donors (Lipinski definition) is 2. The van der Waals surface area contributed by atoms with Gasteiger partial charge in [0.2, 0.25) is 6.79 Å². The fourth-order valence-corrected chi connectivity index (χ4v) is 1.58. The summed E-state index contributed by atoms with van der Waals surface area (Å²) in [7, 11) is 0. The van der Waals surface area contributed by atoms with E-state index in [2.05, 4.69) is 0 Å². The van der Waals surface area contributed by atoms with Crippen LogP contribution in [0.2, 0.25) is 0 Å². The zero-order valence-corrected chi connectivity index (χ0v) is 8.85. The second-order valence-corrected chi connectivity index (χ2v) is 3.55. The van der Waals surface area contributed by atoms with Gasteiger partial charge in [0.25, 0.3) is 0 Å². The van der Waals surface area contributed by atoms with Gasteiger partial charge in [-0.2, -0.15) is 0 Å². The van der Waals surface area contributed by atoms with Gasteiger partial charge in [-0.25, -0.2) is 0 Å². The first-order valence-electron chi connectivity index (χ1n) is 5.14. The van der Waals surface area contributed by atoms with Crippen molar-refractivity contribution in [1.82, 2.24) is 0 Å². The number of aliphatic hydroxyl groups excluding tert-OH is 2. The maximum Gasteiger partial charge on any atom is 0.231 e. The predicted molar refractivity (Wildman–Crippen MR) is 59.3 cm³/mol. The lowest BCUT2D eigenvalue weighted by molar-refractivity contribution is 0.174. The van der Waals surface area contributed by atoms with Crippen LogP contribution in [0.5, 0.6) is 11.5 Å². The van der Waals surface area contributed by atoms with Crippen LogP contribution in [0.15, 0.2) is 23.8 Å². The molecule has 4 heteroatoms. The van der Waals surface area contributed by atoms with Crippen LogP contribution in [-0.4, -0.2) is 30.2 Å². The van der Waals surface area contributed by atoms with E-state index in [0.29, 0.717) is 6.42 Å². The topological polar surface area (TPSA) is 58.9 Å². The Hall–Kier alpha value is -1.52. The Bertz CT molecular complexity index is 398. The van der Waals surface area contributed by atoms with Crippen LogP contribution in [0.25, 0.3) is 6.08 Å². The van der Waals surface area contributed by atoms with Gasteiger partial charge in [0.15, 0.2) is 11.5 Å². The van der Waals surface area contributed by atoms with Crippen LogP contribution in [0.1, 0.15) is 12.0 Å². The fourth-order valence-electron chi connectivity index (χ4n) is 1.58. The van der Waals surface area contributed by atoms with Crippen LogP contribution in [-0.2, 0) is 0 Å². The number of aliphatic hydroxyl groups is 2. The standard InChI is InChI=1S/C12H14O4/c13-4-3-10(7-14)5-9-1-2-11-12(6-9)16-8-15-11/h1-2,5-6,13-14H,3-4,7-8H2/b10-5+. The van der Waals surface area contributed by atoms with Crippen LogP contribution in [0.3, 0.4) is 0 Å². The Kier molecular flexibility index (Phi) is 3.44. The summed E-state index contributed by atoms with van der Waals surface area (Å²) in [5.41, 5.74) is 1.73. The largest absolute Gasteiger partial charge is 0.454 e. The van der Waals surface area contributed by atoms with Crippen molar-refractivity contribution in [1.29, 1.82) is 0 Å². The summed E-state index contributed by atoms with van der Waals surface area (Å²) in [4.78, 5) is 0. The maximum atomic E-state index is 9.08. The van der Waals surface area contributed by atoms with E-state index < -0.39 is 0 Å². The Balaban J connectivity index is 2.20. The minimum absolute atomic E-state index is 0.0386. The average molecular weight is 222 g/mol. The van der Waals surface area contributed by atoms with Crippen molar-refractivity contribution in [2.45, 2.75) is 6.42 Å². The molecule has 16 heavy (non-hydrogen) atoms. The molecule has 0 unspecified atom stereocenters. The second kappa shape index (κ2) is 5.01. The summed E-state index contributed by atoms with van der Waals surface area (Å²) in [6.45, 7) is 0.248. The summed E-state index contributed by atoms with van der Waals surface area (Å²) in [5, 5.41) is 17.9. The maximum absolute atomic E-state index is 9.08. The number of rotatable bonds is 4. The molecule has 2 rings (SSSR count). The van der Waals surface area contributed by atoms with Gasteiger partial charge < -0.3 is 19.7 Å². The number of ether oxygens (including phenoxy) is 2. The van der Waals surface area contributed by atoms with Crippen LogP contribution >= 0.6 is 0 Å². The van der Waals surface area contributed by atoms with Crippen molar-refractivity contribution in [2.24, 2.45) is 0 Å². The first-order valence-corrected chi connectivity index (χ1v) is 5.14. The summed E-state index contributed by atoms with van der Waals surface area (Å²) in [6.07, 6.45) is 2.32. The Morgan fingerprint density at radius 2 is 2.06 bits per heavy atom. The van der Waals surface area contributed by atoms with E-state index in [1.54, 1.807) is 0 Å². The van der Waals surface area contributed by atoms with Crippen molar-refractivity contribution in [2.75, 3.05) is 20.0 Å². The second-order valence-electron chi connectivity index (χ2n) is 3.55. The summed E-state index contributed by atoms with van der Waals surface area (Å²) in [6, 6.07) is 5.58. The molecule has 0 fully saturated rings. The molecule has 0 bridgehead atoms. The molecule has 0 aliphatic carbocycles. The number of hydrogen-bond acceptors (Lipinski definition) is 4. The van der Waals surface area contributed by atoms with Gasteiger partial charge in [-0.15, -0.1) is 0 Å². The van der Waals surface area contributed by atoms with Gasteiger partial charge in [0.1, 0.15) is 0 Å². The molecule has 1 aromatic rings. The Morgan fingerprint density at radius 3 is 2.81 bits per heavy atom. The monoisotopic (exact) mass is 222 g/mol. The van der Waals surface area contributed by atoms with Crippen molar-refractivity contribution < 1.29 is 19.7 Å². The van der Waals surface area contributed by atoms with Crippen LogP contribution in [0.4, 0.5) is 0 Å². The minimum atomic E-state index is -0.0466. The minimum Gasteiger partial charge on any atom is -0.454 e. The Morgan fingerprint density at radius 1 is 1.25 bits per heavy atom. The molecule has 0 amide bonds. The first kappa shape index (κ1) is 11.0. The smallest absolute Gasteiger partial charge is 0.231 e. The van der Waals surface area contributed by atoms with Gasteiger partial charge in [0.05, 0.1) is 6.61 Å². The number of benzene rings is 1. The third-order valence-corrected chi connectivity index (χ3v) is 2.40. The van der Waals surface area contributed by atoms with Gasteiger partial charge in [0, 0.05) is 6.61 Å². The molecule has 1 heterocycles. The molecule has 0 radical (unpaired) electrons. The van der Waals surface area contributed by atoms with E-state index in [1.807, 2.05) is 24.3 Å². The van der Waals surface area contributed by atoms with E-state index in [0.717, 1.165) is 22.6 Å². The highest BCUT2D eigenvalue weighted by Gasteiger charge is 2.12. The normalized spacial score (nSPS) is 14.2. The average Bonchev–Trinajstić information content (AvgIpc) is 2.75. The van der Waals surface area contributed by atoms with Gasteiger partial charge >= 0.3 is 0 Å². The Labute approximate surface area is 93.7 Å². The highest BCUT2D eigenvalue weighted by Crippen LogP contribution is 2.33. The molecule has 4 nitrogen and oxygen atoms in total. The predicted octanol–water partition coefficient (Wildman–Crippen LogP) is 1.17. The van der Waals surface area contributed by atoms with Gasteiger partial charge in [-0.3, -0.25) is 0 Å². The lowest BCUT2D eigenvalue weighted by Gasteiger charge is -2.02. The lowest BCUT2D eigenvalue weighted by atomic mass is 10.1. The van der Waals surface area contributed by atoms with Crippen molar-refractivity contribution in [3.8, 4) is 11.5 Å². The van der Waals surface area contributed by atoms with E-state index >= 15 is 0 Å². The molecule has 1 aliphatic heterocycles. The molecule has 0 saturated carbocycles. The zero-order valence-electron chi connectivity index (χ0n) is 8.85. The summed E-state index contributed by atoms with van der Waals surface area (Å²) >= 11 is 0. The molecule has 0 saturated heterocycles. The molecule has 0 spiro atoms. The third-order valence-electron chi connectivity index (χ3n) is 2.40. The lowest BCUT2D eigenvalue weighted by Crippen LogP contribution is -1.94.